The van der Waals surface area contributed by atoms with Crippen LogP contribution in [0.4, 0.5) is 11.4 Å². The minimum atomic E-state index is 0.0272. The van der Waals surface area contributed by atoms with E-state index >= 15 is 0 Å². The van der Waals surface area contributed by atoms with E-state index in [0.717, 1.165) is 23.6 Å². The van der Waals surface area contributed by atoms with Gasteiger partial charge >= 0.3 is 0 Å². The number of hydrogen-bond acceptors (Lipinski definition) is 2. The first-order valence-electron chi connectivity index (χ1n) is 6.13. The predicted octanol–water partition coefficient (Wildman–Crippen LogP) is 2.85. The summed E-state index contributed by atoms with van der Waals surface area (Å²) < 4.78 is 1.66. The Morgan fingerprint density at radius 1 is 1.11 bits per heavy atom. The highest BCUT2D eigenvalue weighted by atomic mass is 16.1. The molecule has 18 heavy (non-hydrogen) atoms. The summed E-state index contributed by atoms with van der Waals surface area (Å²) in [5.74, 6) is 0. The number of pyridine rings is 1. The van der Waals surface area contributed by atoms with Crippen LogP contribution in [0.2, 0.25) is 0 Å². The summed E-state index contributed by atoms with van der Waals surface area (Å²) in [5, 5.41) is 0. The van der Waals surface area contributed by atoms with Crippen LogP contribution in [0.3, 0.4) is 0 Å². The molecule has 2 aromatic rings. The standard InChI is InChI=1S/C15H18N2O/c1-4-17(13-8-6-5-7-9-13)14-10-12(2)16(3)15(18)11-14/h5-11H,4H2,1-3H3. The minimum absolute atomic E-state index is 0.0272. The fraction of sp³-hybridized carbons (Fsp3) is 0.267. The first-order valence-corrected chi connectivity index (χ1v) is 6.13. The number of nitrogens with zero attached hydrogens (tertiary/aromatic N) is 2. The molecule has 0 saturated carbocycles. The SMILES string of the molecule is CCN(c1ccccc1)c1cc(C)n(C)c(=O)c1. The second-order valence-corrected chi connectivity index (χ2v) is 4.33. The molecule has 0 unspecified atom stereocenters. The Morgan fingerprint density at radius 2 is 1.78 bits per heavy atom. The summed E-state index contributed by atoms with van der Waals surface area (Å²) in [5.41, 5.74) is 3.04. The van der Waals surface area contributed by atoms with Gasteiger partial charge in [-0.1, -0.05) is 18.2 Å². The molecule has 0 radical (unpaired) electrons. The lowest BCUT2D eigenvalue weighted by Gasteiger charge is -2.23. The van der Waals surface area contributed by atoms with Crippen molar-refractivity contribution < 1.29 is 0 Å². The monoisotopic (exact) mass is 242 g/mol. The Morgan fingerprint density at radius 3 is 2.33 bits per heavy atom. The highest BCUT2D eigenvalue weighted by Gasteiger charge is 2.09. The van der Waals surface area contributed by atoms with Crippen molar-refractivity contribution in [2.45, 2.75) is 13.8 Å². The number of anilines is 2. The zero-order chi connectivity index (χ0) is 13.1. The van der Waals surface area contributed by atoms with Gasteiger partial charge in [0.05, 0.1) is 0 Å². The van der Waals surface area contributed by atoms with Gasteiger partial charge in [0.1, 0.15) is 0 Å². The van der Waals surface area contributed by atoms with E-state index in [2.05, 4.69) is 24.0 Å². The topological polar surface area (TPSA) is 25.2 Å². The molecule has 0 bridgehead atoms. The lowest BCUT2D eigenvalue weighted by atomic mass is 10.2. The smallest absolute Gasteiger partial charge is 0.252 e. The van der Waals surface area contributed by atoms with Crippen LogP contribution < -0.4 is 10.5 Å². The number of hydrogen-bond donors (Lipinski definition) is 0. The van der Waals surface area contributed by atoms with Gasteiger partial charge in [-0.25, -0.2) is 0 Å². The zero-order valence-electron chi connectivity index (χ0n) is 11.1. The number of aryl methyl sites for hydroxylation is 1. The van der Waals surface area contributed by atoms with Crippen molar-refractivity contribution in [3.8, 4) is 0 Å². The Labute approximate surface area is 107 Å². The van der Waals surface area contributed by atoms with Crippen LogP contribution in [0, 0.1) is 6.92 Å². The molecule has 0 aliphatic rings. The van der Waals surface area contributed by atoms with Gasteiger partial charge < -0.3 is 9.47 Å². The second kappa shape index (κ2) is 5.08. The van der Waals surface area contributed by atoms with Gasteiger partial charge in [0.25, 0.3) is 5.56 Å². The molecule has 1 aromatic carbocycles. The maximum Gasteiger partial charge on any atom is 0.252 e. The van der Waals surface area contributed by atoms with Gasteiger partial charge in [0, 0.05) is 36.7 Å². The van der Waals surface area contributed by atoms with E-state index in [1.54, 1.807) is 17.7 Å². The molecule has 0 N–H and O–H groups in total. The predicted molar refractivity (Wildman–Crippen MR) is 75.5 cm³/mol. The van der Waals surface area contributed by atoms with E-state index < -0.39 is 0 Å². The molecule has 0 fully saturated rings. The molecule has 0 saturated heterocycles. The van der Waals surface area contributed by atoms with Crippen molar-refractivity contribution in [1.82, 2.24) is 4.57 Å². The molecular formula is C15H18N2O. The van der Waals surface area contributed by atoms with E-state index in [1.807, 2.05) is 31.2 Å². The Kier molecular flexibility index (Phi) is 3.51. The van der Waals surface area contributed by atoms with E-state index in [-0.39, 0.29) is 5.56 Å². The lowest BCUT2D eigenvalue weighted by molar-refractivity contribution is 0.815. The molecular weight excluding hydrogens is 224 g/mol. The largest absolute Gasteiger partial charge is 0.342 e. The van der Waals surface area contributed by atoms with Crippen LogP contribution in [0.5, 0.6) is 0 Å². The van der Waals surface area contributed by atoms with Crippen LogP contribution in [0.1, 0.15) is 12.6 Å². The first kappa shape index (κ1) is 12.4. The summed E-state index contributed by atoms with van der Waals surface area (Å²) in [6, 6.07) is 13.8. The van der Waals surface area contributed by atoms with Gasteiger partial charge in [-0.3, -0.25) is 4.79 Å². The summed E-state index contributed by atoms with van der Waals surface area (Å²) in [4.78, 5) is 14.0. The molecule has 3 nitrogen and oxygen atoms in total. The Bertz CT molecular complexity index is 587. The lowest BCUT2D eigenvalue weighted by Crippen LogP contribution is -2.23. The van der Waals surface area contributed by atoms with E-state index in [4.69, 9.17) is 0 Å². The van der Waals surface area contributed by atoms with Crippen molar-refractivity contribution >= 4 is 11.4 Å². The van der Waals surface area contributed by atoms with Crippen LogP contribution in [-0.4, -0.2) is 11.1 Å². The van der Waals surface area contributed by atoms with Gasteiger partial charge in [0.2, 0.25) is 0 Å². The third kappa shape index (κ3) is 2.30. The summed E-state index contributed by atoms with van der Waals surface area (Å²) in [7, 11) is 1.79. The van der Waals surface area contributed by atoms with Gasteiger partial charge in [0.15, 0.2) is 0 Å². The summed E-state index contributed by atoms with van der Waals surface area (Å²) in [6.07, 6.45) is 0. The molecule has 0 spiro atoms. The highest BCUT2D eigenvalue weighted by Crippen LogP contribution is 2.23. The zero-order valence-corrected chi connectivity index (χ0v) is 11.1. The number of aromatic nitrogens is 1. The number of para-hydroxylation sites is 1. The molecule has 3 heteroatoms. The van der Waals surface area contributed by atoms with Crippen LogP contribution in [0.25, 0.3) is 0 Å². The van der Waals surface area contributed by atoms with Gasteiger partial charge in [-0.05, 0) is 32.0 Å². The van der Waals surface area contributed by atoms with Crippen molar-refractivity contribution in [3.63, 3.8) is 0 Å². The molecule has 1 heterocycles. The Hall–Kier alpha value is -2.03. The van der Waals surface area contributed by atoms with E-state index in [0.29, 0.717) is 0 Å². The quantitative estimate of drug-likeness (QED) is 0.827. The molecule has 2 rings (SSSR count). The van der Waals surface area contributed by atoms with Crippen molar-refractivity contribution in [2.24, 2.45) is 7.05 Å². The van der Waals surface area contributed by atoms with E-state index in [9.17, 15) is 4.79 Å². The van der Waals surface area contributed by atoms with Crippen LogP contribution >= 0.6 is 0 Å². The second-order valence-electron chi connectivity index (χ2n) is 4.33. The third-order valence-electron chi connectivity index (χ3n) is 3.18. The summed E-state index contributed by atoms with van der Waals surface area (Å²) in [6.45, 7) is 4.86. The number of benzene rings is 1. The first-order chi connectivity index (χ1) is 8.63. The summed E-state index contributed by atoms with van der Waals surface area (Å²) >= 11 is 0. The molecule has 94 valence electrons. The van der Waals surface area contributed by atoms with E-state index in [1.165, 1.54) is 0 Å². The fourth-order valence-electron chi connectivity index (χ4n) is 2.03. The molecule has 1 aromatic heterocycles. The molecule has 0 atom stereocenters. The average molecular weight is 242 g/mol. The van der Waals surface area contributed by atoms with Crippen molar-refractivity contribution in [1.29, 1.82) is 0 Å². The van der Waals surface area contributed by atoms with Crippen molar-refractivity contribution in [3.05, 3.63) is 58.5 Å². The fourth-order valence-corrected chi connectivity index (χ4v) is 2.03. The van der Waals surface area contributed by atoms with Crippen LogP contribution in [-0.2, 0) is 7.05 Å². The molecule has 0 amide bonds. The molecule has 0 aliphatic heterocycles. The average Bonchev–Trinajstić information content (AvgIpc) is 2.38. The maximum atomic E-state index is 11.8. The van der Waals surface area contributed by atoms with Gasteiger partial charge in [-0.2, -0.15) is 0 Å². The highest BCUT2D eigenvalue weighted by molar-refractivity contribution is 5.62. The van der Waals surface area contributed by atoms with Crippen molar-refractivity contribution in [2.75, 3.05) is 11.4 Å². The third-order valence-corrected chi connectivity index (χ3v) is 3.18. The maximum absolute atomic E-state index is 11.8. The number of rotatable bonds is 3. The minimum Gasteiger partial charge on any atom is -0.342 e. The Balaban J connectivity index is 2.49. The molecule has 0 aliphatic carbocycles. The normalized spacial score (nSPS) is 10.4. The van der Waals surface area contributed by atoms with Crippen LogP contribution in [0.15, 0.2) is 47.3 Å². The van der Waals surface area contributed by atoms with Gasteiger partial charge in [-0.15, -0.1) is 0 Å².